The van der Waals surface area contributed by atoms with E-state index in [1.807, 2.05) is 60.2 Å². The summed E-state index contributed by atoms with van der Waals surface area (Å²) in [6, 6.07) is 13.7. The Morgan fingerprint density at radius 2 is 2.05 bits per heavy atom. The van der Waals surface area contributed by atoms with E-state index in [0.29, 0.717) is 18.7 Å². The number of terminal acetylenes is 1. The molecule has 0 radical (unpaired) electrons. The molecule has 1 aromatic heterocycles. The molecule has 1 amide bonds. The second-order valence-electron chi connectivity index (χ2n) is 4.79. The van der Waals surface area contributed by atoms with E-state index in [0.717, 1.165) is 5.56 Å². The van der Waals surface area contributed by atoms with E-state index in [-0.39, 0.29) is 11.9 Å². The predicted octanol–water partition coefficient (Wildman–Crippen LogP) is 2.68. The SMILES string of the molecule is C#CCC(C)NC(=O)c1cccn1Cc1ccccc1. The Hall–Kier alpha value is -2.47. The number of carbonyl (C=O) groups is 1. The Kier molecular flexibility index (Phi) is 4.62. The number of carbonyl (C=O) groups excluding carboxylic acids is 1. The average molecular weight is 266 g/mol. The van der Waals surface area contributed by atoms with Gasteiger partial charge in [-0.05, 0) is 24.6 Å². The minimum atomic E-state index is -0.0892. The Morgan fingerprint density at radius 3 is 2.75 bits per heavy atom. The van der Waals surface area contributed by atoms with Gasteiger partial charge in [-0.1, -0.05) is 30.3 Å². The molecule has 2 aromatic rings. The molecule has 0 saturated carbocycles. The number of amides is 1. The fourth-order valence-electron chi connectivity index (χ4n) is 2.06. The fraction of sp³-hybridized carbons (Fsp3) is 0.235. The minimum absolute atomic E-state index is 0.0208. The summed E-state index contributed by atoms with van der Waals surface area (Å²) < 4.78 is 1.94. The monoisotopic (exact) mass is 266 g/mol. The molecule has 20 heavy (non-hydrogen) atoms. The van der Waals surface area contributed by atoms with Gasteiger partial charge in [-0.25, -0.2) is 0 Å². The van der Waals surface area contributed by atoms with Crippen molar-refractivity contribution in [2.75, 3.05) is 0 Å². The zero-order chi connectivity index (χ0) is 14.4. The van der Waals surface area contributed by atoms with Crippen LogP contribution in [0.3, 0.4) is 0 Å². The highest BCUT2D eigenvalue weighted by Gasteiger charge is 2.13. The molecule has 0 bridgehead atoms. The molecule has 1 aromatic carbocycles. The van der Waals surface area contributed by atoms with Crippen molar-refractivity contribution in [3.8, 4) is 12.3 Å². The summed E-state index contributed by atoms with van der Waals surface area (Å²) in [5.74, 6) is 2.46. The van der Waals surface area contributed by atoms with E-state index in [2.05, 4.69) is 11.2 Å². The second-order valence-corrected chi connectivity index (χ2v) is 4.79. The van der Waals surface area contributed by atoms with Crippen LogP contribution in [0.15, 0.2) is 48.7 Å². The van der Waals surface area contributed by atoms with Gasteiger partial charge in [-0.15, -0.1) is 12.3 Å². The number of nitrogens with zero attached hydrogens (tertiary/aromatic N) is 1. The van der Waals surface area contributed by atoms with E-state index in [1.165, 1.54) is 0 Å². The number of hydrogen-bond acceptors (Lipinski definition) is 1. The number of nitrogens with one attached hydrogen (secondary N) is 1. The quantitative estimate of drug-likeness (QED) is 0.829. The third-order valence-corrected chi connectivity index (χ3v) is 3.06. The Labute approximate surface area is 119 Å². The first-order chi connectivity index (χ1) is 9.70. The topological polar surface area (TPSA) is 34.0 Å². The van der Waals surface area contributed by atoms with Gasteiger partial charge in [0.25, 0.3) is 5.91 Å². The summed E-state index contributed by atoms with van der Waals surface area (Å²) in [5.41, 5.74) is 1.81. The molecular weight excluding hydrogens is 248 g/mol. The summed E-state index contributed by atoms with van der Waals surface area (Å²) in [6.07, 6.45) is 7.69. The van der Waals surface area contributed by atoms with E-state index < -0.39 is 0 Å². The second kappa shape index (κ2) is 6.63. The lowest BCUT2D eigenvalue weighted by atomic mass is 10.2. The van der Waals surface area contributed by atoms with Crippen molar-refractivity contribution in [1.29, 1.82) is 0 Å². The van der Waals surface area contributed by atoms with Crippen LogP contribution in [-0.4, -0.2) is 16.5 Å². The number of hydrogen-bond donors (Lipinski definition) is 1. The number of rotatable bonds is 5. The fourth-order valence-corrected chi connectivity index (χ4v) is 2.06. The van der Waals surface area contributed by atoms with E-state index in [4.69, 9.17) is 6.42 Å². The standard InChI is InChI=1S/C17H18N2O/c1-3-8-14(2)18-17(20)16-11-7-12-19(16)13-15-9-5-4-6-10-15/h1,4-7,9-12,14H,8,13H2,2H3,(H,18,20). The lowest BCUT2D eigenvalue weighted by molar-refractivity contribution is 0.0932. The van der Waals surface area contributed by atoms with Crippen LogP contribution in [0.2, 0.25) is 0 Å². The lowest BCUT2D eigenvalue weighted by Crippen LogP contribution is -2.33. The Bertz CT molecular complexity index is 607. The van der Waals surface area contributed by atoms with Gasteiger partial charge in [0, 0.05) is 25.2 Å². The highest BCUT2D eigenvalue weighted by atomic mass is 16.2. The lowest BCUT2D eigenvalue weighted by Gasteiger charge is -2.13. The van der Waals surface area contributed by atoms with Crippen LogP contribution >= 0.6 is 0 Å². The molecule has 102 valence electrons. The summed E-state index contributed by atoms with van der Waals surface area (Å²) in [6.45, 7) is 2.59. The van der Waals surface area contributed by atoms with Gasteiger partial charge in [0.2, 0.25) is 0 Å². The third-order valence-electron chi connectivity index (χ3n) is 3.06. The molecule has 1 heterocycles. The normalized spacial score (nSPS) is 11.6. The first-order valence-corrected chi connectivity index (χ1v) is 6.64. The van der Waals surface area contributed by atoms with Crippen LogP contribution in [0, 0.1) is 12.3 Å². The van der Waals surface area contributed by atoms with Crippen molar-refractivity contribution in [3.63, 3.8) is 0 Å². The molecule has 3 nitrogen and oxygen atoms in total. The molecule has 2 rings (SSSR count). The van der Waals surface area contributed by atoms with Crippen LogP contribution in [0.4, 0.5) is 0 Å². The highest BCUT2D eigenvalue weighted by molar-refractivity contribution is 5.92. The van der Waals surface area contributed by atoms with Gasteiger partial charge in [-0.2, -0.15) is 0 Å². The molecule has 0 aliphatic heterocycles. The molecule has 0 saturated heterocycles. The van der Waals surface area contributed by atoms with Crippen molar-refractivity contribution in [1.82, 2.24) is 9.88 Å². The van der Waals surface area contributed by atoms with Crippen LogP contribution in [0.25, 0.3) is 0 Å². The Balaban J connectivity index is 2.09. The van der Waals surface area contributed by atoms with Gasteiger partial charge in [-0.3, -0.25) is 4.79 Å². The van der Waals surface area contributed by atoms with E-state index in [9.17, 15) is 4.79 Å². The Morgan fingerprint density at radius 1 is 1.30 bits per heavy atom. The van der Waals surface area contributed by atoms with Crippen LogP contribution in [-0.2, 0) is 6.54 Å². The van der Waals surface area contributed by atoms with Gasteiger partial charge < -0.3 is 9.88 Å². The molecule has 1 N–H and O–H groups in total. The predicted molar refractivity (Wildman–Crippen MR) is 80.4 cm³/mol. The smallest absolute Gasteiger partial charge is 0.268 e. The number of benzene rings is 1. The van der Waals surface area contributed by atoms with Crippen LogP contribution in [0.5, 0.6) is 0 Å². The molecule has 3 heteroatoms. The molecule has 0 spiro atoms. The van der Waals surface area contributed by atoms with Crippen molar-refractivity contribution in [3.05, 3.63) is 59.9 Å². The highest BCUT2D eigenvalue weighted by Crippen LogP contribution is 2.08. The first kappa shape index (κ1) is 14.0. The van der Waals surface area contributed by atoms with Gasteiger partial charge in [0.15, 0.2) is 0 Å². The van der Waals surface area contributed by atoms with Gasteiger partial charge in [0.05, 0.1) is 0 Å². The van der Waals surface area contributed by atoms with Crippen LogP contribution in [0.1, 0.15) is 29.4 Å². The van der Waals surface area contributed by atoms with Gasteiger partial charge >= 0.3 is 0 Å². The maximum Gasteiger partial charge on any atom is 0.268 e. The zero-order valence-electron chi connectivity index (χ0n) is 11.5. The van der Waals surface area contributed by atoms with E-state index >= 15 is 0 Å². The number of aromatic nitrogens is 1. The maximum absolute atomic E-state index is 12.2. The van der Waals surface area contributed by atoms with E-state index in [1.54, 1.807) is 0 Å². The molecule has 1 unspecified atom stereocenters. The molecule has 0 aliphatic carbocycles. The van der Waals surface area contributed by atoms with Gasteiger partial charge in [0.1, 0.15) is 5.69 Å². The third kappa shape index (κ3) is 3.52. The summed E-state index contributed by atoms with van der Waals surface area (Å²) in [4.78, 5) is 12.2. The largest absolute Gasteiger partial charge is 0.347 e. The average Bonchev–Trinajstić information content (AvgIpc) is 2.88. The summed E-state index contributed by atoms with van der Waals surface area (Å²) >= 11 is 0. The van der Waals surface area contributed by atoms with Crippen molar-refractivity contribution in [2.45, 2.75) is 25.9 Å². The minimum Gasteiger partial charge on any atom is -0.347 e. The molecular formula is C17H18N2O. The first-order valence-electron chi connectivity index (χ1n) is 6.64. The molecule has 0 aliphatic rings. The maximum atomic E-state index is 12.2. The zero-order valence-corrected chi connectivity index (χ0v) is 11.5. The molecule has 1 atom stereocenters. The van der Waals surface area contributed by atoms with Crippen LogP contribution < -0.4 is 5.32 Å². The van der Waals surface area contributed by atoms with Crippen molar-refractivity contribution in [2.24, 2.45) is 0 Å². The summed E-state index contributed by atoms with van der Waals surface area (Å²) in [7, 11) is 0. The van der Waals surface area contributed by atoms with Crippen molar-refractivity contribution >= 4 is 5.91 Å². The van der Waals surface area contributed by atoms with Crippen molar-refractivity contribution < 1.29 is 4.79 Å². The summed E-state index contributed by atoms with van der Waals surface area (Å²) in [5, 5.41) is 2.91. The molecule has 0 fully saturated rings.